The molecule has 0 unspecified atom stereocenters. The maximum Gasteiger partial charge on any atom is 0.242 e. The van der Waals surface area contributed by atoms with Crippen molar-refractivity contribution in [2.24, 2.45) is 4.99 Å². The first-order chi connectivity index (χ1) is 10.5. The van der Waals surface area contributed by atoms with Crippen LogP contribution in [0, 0.1) is 6.92 Å². The van der Waals surface area contributed by atoms with Gasteiger partial charge in [0.2, 0.25) is 11.8 Å². The Morgan fingerprint density at radius 3 is 2.59 bits per heavy atom. The van der Waals surface area contributed by atoms with Crippen LogP contribution < -0.4 is 5.32 Å². The molecule has 0 aliphatic carbocycles. The van der Waals surface area contributed by atoms with Crippen molar-refractivity contribution in [3.8, 4) is 0 Å². The Labute approximate surface area is 135 Å². The molecule has 22 heavy (non-hydrogen) atoms. The van der Waals surface area contributed by atoms with Crippen LogP contribution in [-0.2, 0) is 9.59 Å². The number of hydrogen-bond donors (Lipinski definition) is 1. The number of nitrogens with zero attached hydrogens (tertiary/aromatic N) is 2. The van der Waals surface area contributed by atoms with E-state index in [2.05, 4.69) is 10.3 Å². The molecule has 1 aromatic rings. The Morgan fingerprint density at radius 2 is 2.00 bits per heavy atom. The number of amides is 2. The van der Waals surface area contributed by atoms with E-state index in [0.29, 0.717) is 13.1 Å². The fourth-order valence-corrected chi connectivity index (χ4v) is 3.47. The monoisotopic (exact) mass is 319 g/mol. The van der Waals surface area contributed by atoms with Gasteiger partial charge in [-0.3, -0.25) is 19.5 Å². The molecule has 1 aromatic carbocycles. The Hall–Kier alpha value is -1.82. The molecule has 1 atom stereocenters. The molecule has 0 aromatic heterocycles. The molecule has 1 saturated heterocycles. The maximum atomic E-state index is 12.3. The molecule has 1 fully saturated rings. The predicted molar refractivity (Wildman–Crippen MR) is 91.2 cm³/mol. The van der Waals surface area contributed by atoms with E-state index in [4.69, 9.17) is 0 Å². The maximum absolute atomic E-state index is 12.3. The van der Waals surface area contributed by atoms with Crippen molar-refractivity contribution < 1.29 is 9.59 Å². The van der Waals surface area contributed by atoms with E-state index in [-0.39, 0.29) is 23.5 Å². The lowest BCUT2D eigenvalue weighted by atomic mass is 10.2. The second-order valence-electron chi connectivity index (χ2n) is 5.06. The molecule has 1 N–H and O–H groups in total. The van der Waals surface area contributed by atoms with E-state index >= 15 is 0 Å². The van der Waals surface area contributed by atoms with Crippen LogP contribution in [0.3, 0.4) is 0 Å². The lowest BCUT2D eigenvalue weighted by molar-refractivity contribution is -0.128. The highest BCUT2D eigenvalue weighted by atomic mass is 32.2. The summed E-state index contributed by atoms with van der Waals surface area (Å²) in [6.45, 7) is 7.06. The molecule has 1 aliphatic rings. The normalized spacial score (nSPS) is 19.8. The van der Waals surface area contributed by atoms with Gasteiger partial charge < -0.3 is 5.32 Å². The van der Waals surface area contributed by atoms with Crippen LogP contribution in [0.25, 0.3) is 0 Å². The summed E-state index contributed by atoms with van der Waals surface area (Å²) in [5.41, 5.74) is 1.89. The first-order valence-corrected chi connectivity index (χ1v) is 8.32. The Morgan fingerprint density at radius 1 is 1.32 bits per heavy atom. The minimum Gasteiger partial charge on any atom is -0.326 e. The van der Waals surface area contributed by atoms with E-state index < -0.39 is 0 Å². The Balaban J connectivity index is 1.98. The smallest absolute Gasteiger partial charge is 0.242 e. The lowest BCUT2D eigenvalue weighted by Gasteiger charge is -2.13. The number of nitrogens with one attached hydrogen (secondary N) is 1. The largest absolute Gasteiger partial charge is 0.326 e. The summed E-state index contributed by atoms with van der Waals surface area (Å²) < 4.78 is 0. The van der Waals surface area contributed by atoms with Crippen LogP contribution in [0.2, 0.25) is 0 Å². The third-order valence-electron chi connectivity index (χ3n) is 3.34. The number of hydrogen-bond acceptors (Lipinski definition) is 4. The van der Waals surface area contributed by atoms with Crippen molar-refractivity contribution in [2.45, 2.75) is 32.4 Å². The van der Waals surface area contributed by atoms with Gasteiger partial charge in [-0.25, -0.2) is 0 Å². The van der Waals surface area contributed by atoms with Crippen LogP contribution in [0.15, 0.2) is 29.3 Å². The van der Waals surface area contributed by atoms with E-state index in [9.17, 15) is 9.59 Å². The summed E-state index contributed by atoms with van der Waals surface area (Å²) in [4.78, 5) is 30.4. The number of rotatable bonds is 5. The number of thioether (sulfide) groups is 1. The molecule has 2 rings (SSSR count). The Kier molecular flexibility index (Phi) is 5.60. The second kappa shape index (κ2) is 7.45. The van der Waals surface area contributed by atoms with Gasteiger partial charge in [0, 0.05) is 25.2 Å². The van der Waals surface area contributed by atoms with E-state index in [0.717, 1.165) is 16.4 Å². The van der Waals surface area contributed by atoms with Gasteiger partial charge in [0.25, 0.3) is 0 Å². The van der Waals surface area contributed by atoms with Crippen molar-refractivity contribution in [3.05, 3.63) is 29.8 Å². The minimum absolute atomic E-state index is 0.0289. The van der Waals surface area contributed by atoms with E-state index in [1.807, 2.05) is 45.0 Å². The fraction of sp³-hybridized carbons (Fsp3) is 0.438. The quantitative estimate of drug-likeness (QED) is 0.907. The summed E-state index contributed by atoms with van der Waals surface area (Å²) >= 11 is 1.38. The summed E-state index contributed by atoms with van der Waals surface area (Å²) in [5, 5.41) is 3.18. The zero-order valence-electron chi connectivity index (χ0n) is 13.1. The predicted octanol–water partition coefficient (Wildman–Crippen LogP) is 2.66. The highest BCUT2D eigenvalue weighted by Crippen LogP contribution is 2.29. The van der Waals surface area contributed by atoms with E-state index in [1.54, 1.807) is 4.90 Å². The summed E-state index contributed by atoms with van der Waals surface area (Å²) in [5.74, 6) is -0.178. The average Bonchev–Trinajstić information content (AvgIpc) is 2.77. The number of amidine groups is 1. The number of benzene rings is 1. The first kappa shape index (κ1) is 16.5. The molecule has 6 heteroatoms. The third kappa shape index (κ3) is 3.88. The van der Waals surface area contributed by atoms with Crippen LogP contribution in [-0.4, -0.2) is 40.2 Å². The highest BCUT2D eigenvalue weighted by Gasteiger charge is 2.37. The van der Waals surface area contributed by atoms with E-state index in [1.165, 1.54) is 11.8 Å². The molecule has 118 valence electrons. The van der Waals surface area contributed by atoms with Crippen LogP contribution in [0.4, 0.5) is 5.69 Å². The zero-order chi connectivity index (χ0) is 16.1. The average molecular weight is 319 g/mol. The molecule has 1 aliphatic heterocycles. The number of carbonyl (C=O) groups excluding carboxylic acids is 2. The molecule has 0 saturated carbocycles. The topological polar surface area (TPSA) is 61.8 Å². The Bertz CT molecular complexity index is 584. The molecule has 2 amide bonds. The zero-order valence-corrected chi connectivity index (χ0v) is 13.9. The summed E-state index contributed by atoms with van der Waals surface area (Å²) in [6.07, 6.45) is 0.163. The van der Waals surface area contributed by atoms with Crippen molar-refractivity contribution in [2.75, 3.05) is 18.4 Å². The van der Waals surface area contributed by atoms with Gasteiger partial charge in [0.05, 0.1) is 0 Å². The van der Waals surface area contributed by atoms with Gasteiger partial charge in [-0.2, -0.15) is 0 Å². The van der Waals surface area contributed by atoms with Crippen LogP contribution in [0.5, 0.6) is 0 Å². The van der Waals surface area contributed by atoms with Crippen molar-refractivity contribution in [1.29, 1.82) is 0 Å². The van der Waals surface area contributed by atoms with Crippen LogP contribution in [0.1, 0.15) is 25.8 Å². The van der Waals surface area contributed by atoms with Crippen molar-refractivity contribution in [3.63, 3.8) is 0 Å². The highest BCUT2D eigenvalue weighted by molar-refractivity contribution is 8.15. The standard InChI is InChI=1S/C16H21N3O2S/c1-4-17-16-19(5-2)15(21)13(22-16)10-14(20)18-12-8-6-11(3)7-9-12/h6-9,13H,4-5,10H2,1-3H3,(H,18,20)/t13-/m0/s1. The molecular formula is C16H21N3O2S. The van der Waals surface area contributed by atoms with Crippen molar-refractivity contribution in [1.82, 2.24) is 4.90 Å². The SMILES string of the molecule is CCN=C1S[C@@H](CC(=O)Nc2ccc(C)cc2)C(=O)N1CC. The number of anilines is 1. The second-order valence-corrected chi connectivity index (χ2v) is 6.23. The van der Waals surface area contributed by atoms with Gasteiger partial charge in [0.15, 0.2) is 5.17 Å². The molecule has 5 nitrogen and oxygen atoms in total. The molecular weight excluding hydrogens is 298 g/mol. The summed E-state index contributed by atoms with van der Waals surface area (Å²) in [6, 6.07) is 7.60. The molecule has 0 bridgehead atoms. The van der Waals surface area contributed by atoms with Gasteiger partial charge in [-0.05, 0) is 32.9 Å². The van der Waals surface area contributed by atoms with Gasteiger partial charge in [0.1, 0.15) is 5.25 Å². The third-order valence-corrected chi connectivity index (χ3v) is 4.55. The number of carbonyl (C=O) groups is 2. The van der Waals surface area contributed by atoms with Gasteiger partial charge in [-0.1, -0.05) is 29.5 Å². The van der Waals surface area contributed by atoms with Crippen molar-refractivity contribution >= 4 is 34.4 Å². The molecule has 0 spiro atoms. The molecule has 0 radical (unpaired) electrons. The van der Waals surface area contributed by atoms with Gasteiger partial charge >= 0.3 is 0 Å². The lowest BCUT2D eigenvalue weighted by Crippen LogP contribution is -2.33. The minimum atomic E-state index is -0.379. The first-order valence-electron chi connectivity index (χ1n) is 7.44. The summed E-state index contributed by atoms with van der Waals surface area (Å²) in [7, 11) is 0. The molecule has 1 heterocycles. The fourth-order valence-electron chi connectivity index (χ4n) is 2.20. The van der Waals surface area contributed by atoms with Crippen LogP contribution >= 0.6 is 11.8 Å². The number of aryl methyl sites for hydroxylation is 1. The van der Waals surface area contributed by atoms with Gasteiger partial charge in [-0.15, -0.1) is 0 Å². The number of aliphatic imine (C=N–C) groups is 1.